The van der Waals surface area contributed by atoms with E-state index in [0.717, 1.165) is 12.8 Å². The molecule has 0 aromatic heterocycles. The molecule has 1 fully saturated rings. The van der Waals surface area contributed by atoms with Crippen LogP contribution < -0.4 is 10.1 Å². The second-order valence-electron chi connectivity index (χ2n) is 6.20. The van der Waals surface area contributed by atoms with Gasteiger partial charge in [-0.3, -0.25) is 4.79 Å². The van der Waals surface area contributed by atoms with E-state index in [0.29, 0.717) is 36.0 Å². The summed E-state index contributed by atoms with van der Waals surface area (Å²) in [6.07, 6.45) is 1.81. The Bertz CT molecular complexity index is 894. The lowest BCUT2D eigenvalue weighted by Crippen LogP contribution is -2.28. The van der Waals surface area contributed by atoms with Crippen LogP contribution in [0.15, 0.2) is 53.4 Å². The van der Waals surface area contributed by atoms with E-state index in [1.807, 2.05) is 0 Å². The summed E-state index contributed by atoms with van der Waals surface area (Å²) in [5.41, 5.74) is 0.485. The standard InChI is InChI=1S/C19H21ClN2O4S/c20-16-5-3-4-15(14-16)19(23)21-10-13-26-17-6-8-18(9-7-17)27(24,25)22-11-1-2-12-22/h3-9,14H,1-2,10-13H2,(H,21,23). The first kappa shape index (κ1) is 19.7. The molecule has 1 amide bonds. The van der Waals surface area contributed by atoms with E-state index in [1.54, 1.807) is 48.5 Å². The predicted molar refractivity (Wildman–Crippen MR) is 104 cm³/mol. The third-order valence-corrected chi connectivity index (χ3v) is 6.42. The smallest absolute Gasteiger partial charge is 0.251 e. The third-order valence-electron chi connectivity index (χ3n) is 4.27. The average molecular weight is 409 g/mol. The van der Waals surface area contributed by atoms with E-state index < -0.39 is 10.0 Å². The van der Waals surface area contributed by atoms with Crippen LogP contribution in [-0.4, -0.2) is 44.9 Å². The molecular formula is C19H21ClN2O4S. The number of rotatable bonds is 7. The van der Waals surface area contributed by atoms with Crippen molar-refractivity contribution in [2.75, 3.05) is 26.2 Å². The molecule has 144 valence electrons. The number of carbonyl (C=O) groups excluding carboxylic acids is 1. The molecule has 0 bridgehead atoms. The first-order chi connectivity index (χ1) is 13.0. The molecule has 27 heavy (non-hydrogen) atoms. The van der Waals surface area contributed by atoms with Crippen molar-refractivity contribution in [2.45, 2.75) is 17.7 Å². The molecule has 1 aliphatic heterocycles. The van der Waals surface area contributed by atoms with Gasteiger partial charge in [0.25, 0.3) is 5.91 Å². The highest BCUT2D eigenvalue weighted by molar-refractivity contribution is 7.89. The fourth-order valence-electron chi connectivity index (χ4n) is 2.85. The number of hydrogen-bond acceptors (Lipinski definition) is 4. The highest BCUT2D eigenvalue weighted by Gasteiger charge is 2.26. The van der Waals surface area contributed by atoms with Crippen molar-refractivity contribution in [2.24, 2.45) is 0 Å². The largest absolute Gasteiger partial charge is 0.492 e. The Kier molecular flexibility index (Phi) is 6.36. The van der Waals surface area contributed by atoms with Gasteiger partial charge in [-0.2, -0.15) is 4.31 Å². The first-order valence-electron chi connectivity index (χ1n) is 8.73. The summed E-state index contributed by atoms with van der Waals surface area (Å²) in [6, 6.07) is 13.0. The second-order valence-corrected chi connectivity index (χ2v) is 8.57. The molecule has 1 saturated heterocycles. The molecule has 2 aromatic rings. The van der Waals surface area contributed by atoms with Crippen molar-refractivity contribution in [3.05, 3.63) is 59.1 Å². The van der Waals surface area contributed by atoms with Gasteiger partial charge in [0.2, 0.25) is 10.0 Å². The maximum atomic E-state index is 12.5. The van der Waals surface area contributed by atoms with Crippen LogP contribution in [-0.2, 0) is 10.0 Å². The molecular weight excluding hydrogens is 388 g/mol. The summed E-state index contributed by atoms with van der Waals surface area (Å²) in [5.74, 6) is 0.320. The summed E-state index contributed by atoms with van der Waals surface area (Å²) in [5, 5.41) is 3.25. The van der Waals surface area contributed by atoms with Crippen LogP contribution in [0.1, 0.15) is 23.2 Å². The average Bonchev–Trinajstić information content (AvgIpc) is 3.21. The van der Waals surface area contributed by atoms with Crippen LogP contribution >= 0.6 is 11.6 Å². The van der Waals surface area contributed by atoms with Crippen molar-refractivity contribution < 1.29 is 17.9 Å². The Morgan fingerprint density at radius 3 is 2.48 bits per heavy atom. The zero-order chi connectivity index (χ0) is 19.3. The number of halogens is 1. The molecule has 0 aliphatic carbocycles. The van der Waals surface area contributed by atoms with E-state index in [1.165, 1.54) is 4.31 Å². The molecule has 8 heteroatoms. The molecule has 0 saturated carbocycles. The summed E-state index contributed by atoms with van der Waals surface area (Å²) in [6.45, 7) is 1.74. The number of ether oxygens (including phenoxy) is 1. The van der Waals surface area contributed by atoms with Crippen molar-refractivity contribution in [1.29, 1.82) is 0 Å². The number of benzene rings is 2. The quantitative estimate of drug-likeness (QED) is 0.714. The minimum Gasteiger partial charge on any atom is -0.492 e. The minimum absolute atomic E-state index is 0.229. The van der Waals surface area contributed by atoms with Crippen LogP contribution in [0.5, 0.6) is 5.75 Å². The number of amides is 1. The van der Waals surface area contributed by atoms with E-state index in [-0.39, 0.29) is 17.4 Å². The van der Waals surface area contributed by atoms with Crippen LogP contribution in [0, 0.1) is 0 Å². The SMILES string of the molecule is O=C(NCCOc1ccc(S(=O)(=O)N2CCCC2)cc1)c1cccc(Cl)c1. The van der Waals surface area contributed by atoms with Gasteiger partial charge in [-0.15, -0.1) is 0 Å². The van der Waals surface area contributed by atoms with Gasteiger partial charge in [-0.25, -0.2) is 8.42 Å². The molecule has 1 heterocycles. The maximum absolute atomic E-state index is 12.5. The molecule has 6 nitrogen and oxygen atoms in total. The number of nitrogens with one attached hydrogen (secondary N) is 1. The summed E-state index contributed by atoms with van der Waals surface area (Å²) >= 11 is 5.87. The highest BCUT2D eigenvalue weighted by Crippen LogP contribution is 2.22. The van der Waals surface area contributed by atoms with Gasteiger partial charge in [0.05, 0.1) is 11.4 Å². The van der Waals surface area contributed by atoms with Gasteiger partial charge in [0.15, 0.2) is 0 Å². The Hall–Kier alpha value is -2.09. The van der Waals surface area contributed by atoms with Crippen LogP contribution in [0.2, 0.25) is 5.02 Å². The maximum Gasteiger partial charge on any atom is 0.251 e. The van der Waals surface area contributed by atoms with Gasteiger partial charge in [0, 0.05) is 23.7 Å². The van der Waals surface area contributed by atoms with Crippen molar-refractivity contribution in [3.63, 3.8) is 0 Å². The fraction of sp³-hybridized carbons (Fsp3) is 0.316. The molecule has 0 spiro atoms. The molecule has 2 aromatic carbocycles. The van der Waals surface area contributed by atoms with Crippen molar-refractivity contribution >= 4 is 27.5 Å². The molecule has 0 radical (unpaired) electrons. The Labute approximate surface area is 164 Å². The zero-order valence-corrected chi connectivity index (χ0v) is 16.3. The monoisotopic (exact) mass is 408 g/mol. The lowest BCUT2D eigenvalue weighted by molar-refractivity contribution is 0.0947. The predicted octanol–water partition coefficient (Wildman–Crippen LogP) is 2.93. The Balaban J connectivity index is 1.48. The van der Waals surface area contributed by atoms with Crippen LogP contribution in [0.4, 0.5) is 0 Å². The van der Waals surface area contributed by atoms with Gasteiger partial charge in [-0.05, 0) is 55.3 Å². The van der Waals surface area contributed by atoms with Crippen molar-refractivity contribution in [3.8, 4) is 5.75 Å². The lowest BCUT2D eigenvalue weighted by Gasteiger charge is -2.15. The normalized spacial score (nSPS) is 14.9. The van der Waals surface area contributed by atoms with Gasteiger partial charge >= 0.3 is 0 Å². The van der Waals surface area contributed by atoms with Crippen LogP contribution in [0.3, 0.4) is 0 Å². The van der Waals surface area contributed by atoms with E-state index in [4.69, 9.17) is 16.3 Å². The Morgan fingerprint density at radius 2 is 1.81 bits per heavy atom. The molecule has 3 rings (SSSR count). The molecule has 1 N–H and O–H groups in total. The summed E-state index contributed by atoms with van der Waals surface area (Å²) in [4.78, 5) is 12.3. The Morgan fingerprint density at radius 1 is 1.11 bits per heavy atom. The summed E-state index contributed by atoms with van der Waals surface area (Å²) in [7, 11) is -3.42. The van der Waals surface area contributed by atoms with Gasteiger partial charge < -0.3 is 10.1 Å². The first-order valence-corrected chi connectivity index (χ1v) is 10.6. The molecule has 1 aliphatic rings. The molecule has 0 atom stereocenters. The number of carbonyl (C=O) groups is 1. The second kappa shape index (κ2) is 8.73. The number of sulfonamides is 1. The van der Waals surface area contributed by atoms with Crippen molar-refractivity contribution in [1.82, 2.24) is 9.62 Å². The lowest BCUT2D eigenvalue weighted by atomic mass is 10.2. The highest BCUT2D eigenvalue weighted by atomic mass is 35.5. The molecule has 0 unspecified atom stereocenters. The van der Waals surface area contributed by atoms with Crippen LogP contribution in [0.25, 0.3) is 0 Å². The topological polar surface area (TPSA) is 75.7 Å². The number of nitrogens with zero attached hydrogens (tertiary/aromatic N) is 1. The van der Waals surface area contributed by atoms with E-state index in [2.05, 4.69) is 5.32 Å². The third kappa shape index (κ3) is 5.00. The van der Waals surface area contributed by atoms with E-state index >= 15 is 0 Å². The minimum atomic E-state index is -3.42. The van der Waals surface area contributed by atoms with Gasteiger partial charge in [-0.1, -0.05) is 17.7 Å². The van der Waals surface area contributed by atoms with E-state index in [9.17, 15) is 13.2 Å². The number of hydrogen-bond donors (Lipinski definition) is 1. The summed E-state index contributed by atoms with van der Waals surface area (Å²) < 4.78 is 32.0. The fourth-order valence-corrected chi connectivity index (χ4v) is 4.56. The van der Waals surface area contributed by atoms with Gasteiger partial charge in [0.1, 0.15) is 12.4 Å². The zero-order valence-electron chi connectivity index (χ0n) is 14.7.